The van der Waals surface area contributed by atoms with Gasteiger partial charge in [0.25, 0.3) is 0 Å². The molecule has 3 N–H and O–H groups in total. The van der Waals surface area contributed by atoms with Crippen LogP contribution in [0.5, 0.6) is 0 Å². The monoisotopic (exact) mass is 1420 g/mol. The highest BCUT2D eigenvalue weighted by atomic mass is 31.2. The van der Waals surface area contributed by atoms with Gasteiger partial charge in [0.1, 0.15) is 19.3 Å². The first-order valence-electron chi connectivity index (χ1n) is 40.8. The minimum absolute atomic E-state index is 0.109. The number of hydrogen-bond donors (Lipinski definition) is 3. The van der Waals surface area contributed by atoms with Gasteiger partial charge in [-0.1, -0.05) is 368 Å². The van der Waals surface area contributed by atoms with E-state index in [1.54, 1.807) is 0 Å². The molecule has 0 rings (SSSR count). The molecule has 0 heterocycles. The molecule has 0 aliphatic rings. The van der Waals surface area contributed by atoms with Gasteiger partial charge in [0.05, 0.1) is 26.4 Å². The maximum absolute atomic E-state index is 13.1. The molecule has 17 nitrogen and oxygen atoms in total. The second-order valence-electron chi connectivity index (χ2n) is 28.1. The molecule has 0 radical (unpaired) electrons. The number of aliphatic hydroxyl groups excluding tert-OH is 1. The van der Waals surface area contributed by atoms with Gasteiger partial charge in [-0.05, 0) is 25.7 Å². The zero-order valence-corrected chi connectivity index (χ0v) is 64.8. The van der Waals surface area contributed by atoms with Crippen LogP contribution in [0.25, 0.3) is 0 Å². The summed E-state index contributed by atoms with van der Waals surface area (Å²) in [5, 5.41) is 10.6. The fourth-order valence-electron chi connectivity index (χ4n) is 12.1. The minimum Gasteiger partial charge on any atom is -0.462 e. The van der Waals surface area contributed by atoms with Crippen LogP contribution in [0.4, 0.5) is 0 Å². The van der Waals surface area contributed by atoms with Crippen molar-refractivity contribution in [1.29, 1.82) is 0 Å². The molecule has 97 heavy (non-hydrogen) atoms. The van der Waals surface area contributed by atoms with E-state index in [2.05, 4.69) is 27.7 Å². The van der Waals surface area contributed by atoms with Gasteiger partial charge in [0.2, 0.25) is 0 Å². The Morgan fingerprint density at radius 1 is 0.247 bits per heavy atom. The van der Waals surface area contributed by atoms with Crippen LogP contribution in [0.15, 0.2) is 0 Å². The number of rotatable bonds is 79. The lowest BCUT2D eigenvalue weighted by molar-refractivity contribution is -0.161. The summed E-state index contributed by atoms with van der Waals surface area (Å²) in [4.78, 5) is 72.9. The molecule has 0 aliphatic carbocycles. The molecule has 0 fully saturated rings. The third-order valence-corrected chi connectivity index (χ3v) is 20.3. The van der Waals surface area contributed by atoms with Crippen molar-refractivity contribution >= 4 is 39.5 Å². The number of unbranched alkanes of at least 4 members (excludes halogenated alkanes) is 53. The molecule has 0 aromatic carbocycles. The first-order valence-corrected chi connectivity index (χ1v) is 43.8. The SMILES string of the molecule is CCCCCCCCCCCCCCCCCCC(=O)OC[C@H](COP(=O)(O)OC[C@@H](O)COP(=O)(O)OC[C@@H](COC(=O)CCCCCCCCCCCCCC)OC(=O)CCCCCCCCCCCCCCC)OC(=O)CCCCCCCCCCCCCCCCCC. The number of hydrogen-bond acceptors (Lipinski definition) is 15. The molecule has 5 atom stereocenters. The van der Waals surface area contributed by atoms with Gasteiger partial charge in [-0.15, -0.1) is 0 Å². The molecular weight excluding hydrogens is 1270 g/mol. The zero-order valence-electron chi connectivity index (χ0n) is 63.1. The van der Waals surface area contributed by atoms with Crippen molar-refractivity contribution < 1.29 is 80.2 Å². The Morgan fingerprint density at radius 3 is 0.608 bits per heavy atom. The summed E-state index contributed by atoms with van der Waals surface area (Å²) in [5.74, 6) is -2.10. The highest BCUT2D eigenvalue weighted by Gasteiger charge is 2.30. The fraction of sp³-hybridized carbons (Fsp3) is 0.949. The van der Waals surface area contributed by atoms with E-state index in [0.29, 0.717) is 25.7 Å². The van der Waals surface area contributed by atoms with E-state index >= 15 is 0 Å². The first kappa shape index (κ1) is 95.1. The van der Waals surface area contributed by atoms with Gasteiger partial charge in [-0.3, -0.25) is 37.3 Å². The number of esters is 4. The first-order chi connectivity index (χ1) is 47.2. The summed E-state index contributed by atoms with van der Waals surface area (Å²) < 4.78 is 68.6. The topological polar surface area (TPSA) is 237 Å². The molecule has 0 saturated carbocycles. The normalized spacial score (nSPS) is 13.8. The third kappa shape index (κ3) is 72.2. The predicted molar refractivity (Wildman–Crippen MR) is 395 cm³/mol. The van der Waals surface area contributed by atoms with Gasteiger partial charge in [0, 0.05) is 25.7 Å². The average molecular weight is 1420 g/mol. The Morgan fingerprint density at radius 2 is 0.412 bits per heavy atom. The van der Waals surface area contributed by atoms with Crippen molar-refractivity contribution in [3.05, 3.63) is 0 Å². The van der Waals surface area contributed by atoms with Crippen molar-refractivity contribution in [1.82, 2.24) is 0 Å². The minimum atomic E-state index is -4.96. The maximum atomic E-state index is 13.1. The molecule has 0 bridgehead atoms. The molecule has 0 aromatic heterocycles. The third-order valence-electron chi connectivity index (χ3n) is 18.4. The molecule has 0 aliphatic heterocycles. The summed E-state index contributed by atoms with van der Waals surface area (Å²) in [6.45, 7) is 5.02. The van der Waals surface area contributed by atoms with Gasteiger partial charge in [-0.25, -0.2) is 9.13 Å². The Bertz CT molecular complexity index is 1840. The summed E-state index contributed by atoms with van der Waals surface area (Å²) in [7, 11) is -9.91. The molecule has 19 heteroatoms. The molecule has 2 unspecified atom stereocenters. The van der Waals surface area contributed by atoms with E-state index in [-0.39, 0.29) is 25.7 Å². The second kappa shape index (κ2) is 72.4. The molecule has 0 aromatic rings. The predicted octanol–water partition coefficient (Wildman–Crippen LogP) is 23.4. The van der Waals surface area contributed by atoms with E-state index in [4.69, 9.17) is 37.0 Å². The van der Waals surface area contributed by atoms with E-state index in [1.807, 2.05) is 0 Å². The van der Waals surface area contributed by atoms with Crippen molar-refractivity contribution in [2.75, 3.05) is 39.6 Å². The number of aliphatic hydroxyl groups is 1. The van der Waals surface area contributed by atoms with Crippen LogP contribution in [-0.2, 0) is 65.4 Å². The molecule has 0 amide bonds. The second-order valence-corrected chi connectivity index (χ2v) is 31.0. The van der Waals surface area contributed by atoms with E-state index < -0.39 is 97.5 Å². The van der Waals surface area contributed by atoms with Crippen LogP contribution in [0.2, 0.25) is 0 Å². The van der Waals surface area contributed by atoms with Gasteiger partial charge in [-0.2, -0.15) is 0 Å². The quantitative estimate of drug-likeness (QED) is 0.0222. The summed E-state index contributed by atoms with van der Waals surface area (Å²) in [6.07, 6.45) is 63.6. The number of phosphoric ester groups is 2. The van der Waals surface area contributed by atoms with Gasteiger partial charge >= 0.3 is 39.5 Å². The Kier molecular flexibility index (Phi) is 71.0. The van der Waals surface area contributed by atoms with Crippen molar-refractivity contribution in [2.24, 2.45) is 0 Å². The maximum Gasteiger partial charge on any atom is 0.472 e. The Balaban J connectivity index is 5.25. The molecule has 0 saturated heterocycles. The van der Waals surface area contributed by atoms with Crippen LogP contribution >= 0.6 is 15.6 Å². The number of phosphoric acid groups is 2. The highest BCUT2D eigenvalue weighted by Crippen LogP contribution is 2.45. The number of ether oxygens (including phenoxy) is 4. The zero-order chi connectivity index (χ0) is 71.1. The molecule has 576 valence electrons. The highest BCUT2D eigenvalue weighted by molar-refractivity contribution is 7.47. The van der Waals surface area contributed by atoms with Crippen molar-refractivity contribution in [3.63, 3.8) is 0 Å². The van der Waals surface area contributed by atoms with Gasteiger partial charge < -0.3 is 33.8 Å². The fourth-order valence-corrected chi connectivity index (χ4v) is 13.7. The average Bonchev–Trinajstić information content (AvgIpc) is 3.22. The summed E-state index contributed by atoms with van der Waals surface area (Å²) >= 11 is 0. The Hall–Kier alpha value is -1.94. The van der Waals surface area contributed by atoms with Crippen LogP contribution in [0.1, 0.15) is 419 Å². The van der Waals surface area contributed by atoms with E-state index in [1.165, 1.54) is 250 Å². The smallest absolute Gasteiger partial charge is 0.462 e. The molecule has 0 spiro atoms. The van der Waals surface area contributed by atoms with E-state index in [0.717, 1.165) is 89.9 Å². The number of carbonyl (C=O) groups is 4. The van der Waals surface area contributed by atoms with Crippen molar-refractivity contribution in [2.45, 2.75) is 438 Å². The number of carbonyl (C=O) groups excluding carboxylic acids is 4. The van der Waals surface area contributed by atoms with Crippen LogP contribution in [0.3, 0.4) is 0 Å². The van der Waals surface area contributed by atoms with Gasteiger partial charge in [0.15, 0.2) is 12.2 Å². The molecular formula is C78H152O17P2. The largest absolute Gasteiger partial charge is 0.472 e. The lowest BCUT2D eigenvalue weighted by Gasteiger charge is -2.21. The Labute approximate surface area is 594 Å². The standard InChI is InChI=1S/C78H152O17P2/c1-5-9-13-17-21-25-29-33-35-37-40-43-47-51-55-59-63-76(81)89-69-74(95-78(83)65-61-57-53-49-45-41-38-36-34-30-26-22-18-14-10-6-2)71-93-97(86,87)91-67-72(79)66-90-96(84,85)92-70-73(68-88-75(80)62-58-54-50-46-42-32-28-24-20-16-12-8-4)94-77(82)64-60-56-52-48-44-39-31-27-23-19-15-11-7-3/h72-74,79H,5-71H2,1-4H3,(H,84,85)(H,86,87)/t72-,73+,74+/m0/s1. The lowest BCUT2D eigenvalue weighted by Crippen LogP contribution is -2.30. The lowest BCUT2D eigenvalue weighted by atomic mass is 10.0. The van der Waals surface area contributed by atoms with Crippen LogP contribution in [-0.4, -0.2) is 96.7 Å². The summed E-state index contributed by atoms with van der Waals surface area (Å²) in [5.41, 5.74) is 0. The van der Waals surface area contributed by atoms with Crippen LogP contribution < -0.4 is 0 Å². The summed E-state index contributed by atoms with van der Waals surface area (Å²) in [6, 6.07) is 0. The van der Waals surface area contributed by atoms with Crippen molar-refractivity contribution in [3.8, 4) is 0 Å². The van der Waals surface area contributed by atoms with Crippen LogP contribution in [0, 0.1) is 0 Å². The van der Waals surface area contributed by atoms with E-state index in [9.17, 15) is 43.2 Å².